The van der Waals surface area contributed by atoms with Crippen molar-refractivity contribution >= 4 is 31.5 Å². The molecule has 55 heavy (non-hydrogen) atoms. The van der Waals surface area contributed by atoms with Gasteiger partial charge in [0.05, 0.1) is 0 Å². The van der Waals surface area contributed by atoms with Gasteiger partial charge in [-0.2, -0.15) is 0 Å². The zero-order valence-corrected chi connectivity index (χ0v) is 30.6. The second-order valence-corrected chi connectivity index (χ2v) is 14.7. The number of fused-ring (bicyclic) bond motifs is 3. The van der Waals surface area contributed by atoms with Crippen LogP contribution in [0.2, 0.25) is 0 Å². The van der Waals surface area contributed by atoms with Gasteiger partial charge >= 0.3 is 0 Å². The van der Waals surface area contributed by atoms with Crippen molar-refractivity contribution in [3.63, 3.8) is 0 Å². The van der Waals surface area contributed by atoms with Gasteiger partial charge in [0.2, 0.25) is 0 Å². The van der Waals surface area contributed by atoms with E-state index in [1.165, 1.54) is 48.0 Å². The summed E-state index contributed by atoms with van der Waals surface area (Å²) in [5, 5.41) is 2.52. The Kier molecular flexibility index (Phi) is 8.36. The van der Waals surface area contributed by atoms with E-state index in [4.69, 9.17) is 15.0 Å². The SMILES string of the molecule is c1ccc(-c2ccc(-c3cccc(-c4ccc(-c5nc(-c6ccc(-c7ccccc7)cc6)nc(-c6ccc7c(c6)sc6ccccc67)n5)cc4)c3)cc2)cc1. The van der Waals surface area contributed by atoms with E-state index in [2.05, 4.69) is 188 Å². The summed E-state index contributed by atoms with van der Waals surface area (Å²) < 4.78 is 2.49. The molecule has 0 amide bonds. The molecule has 0 aliphatic heterocycles. The first-order chi connectivity index (χ1) is 27.2. The fourth-order valence-corrected chi connectivity index (χ4v) is 8.39. The summed E-state index contributed by atoms with van der Waals surface area (Å²) in [6.45, 7) is 0. The van der Waals surface area contributed by atoms with Gasteiger partial charge in [0.15, 0.2) is 17.5 Å². The van der Waals surface area contributed by atoms with Crippen LogP contribution in [0.3, 0.4) is 0 Å². The van der Waals surface area contributed by atoms with Crippen LogP contribution in [-0.2, 0) is 0 Å². The van der Waals surface area contributed by atoms with Gasteiger partial charge < -0.3 is 0 Å². The Hall–Kier alpha value is -7.01. The summed E-state index contributed by atoms with van der Waals surface area (Å²) in [7, 11) is 0. The topological polar surface area (TPSA) is 38.7 Å². The van der Waals surface area contributed by atoms with Gasteiger partial charge in [-0.05, 0) is 62.7 Å². The van der Waals surface area contributed by atoms with Crippen molar-refractivity contribution in [2.45, 2.75) is 0 Å². The van der Waals surface area contributed by atoms with E-state index in [1.807, 2.05) is 12.1 Å². The highest BCUT2D eigenvalue weighted by atomic mass is 32.1. The first-order valence-corrected chi connectivity index (χ1v) is 19.2. The molecule has 0 unspecified atom stereocenters. The molecule has 0 N–H and O–H groups in total. The van der Waals surface area contributed by atoms with Crippen LogP contribution in [0.25, 0.3) is 98.8 Å². The highest BCUT2D eigenvalue weighted by Gasteiger charge is 2.15. The smallest absolute Gasteiger partial charge is 0.164 e. The number of hydrogen-bond donors (Lipinski definition) is 0. The number of hydrogen-bond acceptors (Lipinski definition) is 4. The van der Waals surface area contributed by atoms with Gasteiger partial charge in [-0.25, -0.2) is 15.0 Å². The lowest BCUT2D eigenvalue weighted by molar-refractivity contribution is 1.07. The Bertz CT molecular complexity index is 2930. The van der Waals surface area contributed by atoms with Gasteiger partial charge in [-0.1, -0.05) is 182 Å². The molecule has 0 bridgehead atoms. The van der Waals surface area contributed by atoms with E-state index in [0.717, 1.165) is 33.4 Å². The third kappa shape index (κ3) is 6.50. The molecule has 4 heteroatoms. The Morgan fingerprint density at radius 3 is 1.13 bits per heavy atom. The fraction of sp³-hybridized carbons (Fsp3) is 0. The van der Waals surface area contributed by atoms with Gasteiger partial charge in [-0.15, -0.1) is 11.3 Å². The number of nitrogens with zero attached hydrogens (tertiary/aromatic N) is 3. The molecule has 0 spiro atoms. The molecule has 0 saturated carbocycles. The van der Waals surface area contributed by atoms with Crippen molar-refractivity contribution in [2.75, 3.05) is 0 Å². The van der Waals surface area contributed by atoms with Crippen LogP contribution in [0.15, 0.2) is 200 Å². The molecule has 0 fully saturated rings. The maximum Gasteiger partial charge on any atom is 0.164 e. The van der Waals surface area contributed by atoms with E-state index in [9.17, 15) is 0 Å². The van der Waals surface area contributed by atoms with Crippen LogP contribution in [0.1, 0.15) is 0 Å². The molecular weight excluding hydrogens is 687 g/mol. The van der Waals surface area contributed by atoms with E-state index in [1.54, 1.807) is 11.3 Å². The lowest BCUT2D eigenvalue weighted by Gasteiger charge is -2.10. The maximum atomic E-state index is 5.09. The molecule has 2 aromatic heterocycles. The van der Waals surface area contributed by atoms with Crippen LogP contribution in [0.5, 0.6) is 0 Å². The molecule has 258 valence electrons. The molecule has 2 heterocycles. The zero-order chi connectivity index (χ0) is 36.6. The van der Waals surface area contributed by atoms with Crippen LogP contribution < -0.4 is 0 Å². The molecule has 10 rings (SSSR count). The third-order valence-electron chi connectivity index (χ3n) is 10.2. The van der Waals surface area contributed by atoms with Crippen LogP contribution in [0, 0.1) is 0 Å². The summed E-state index contributed by atoms with van der Waals surface area (Å²) in [5.41, 5.74) is 12.3. The largest absolute Gasteiger partial charge is 0.208 e. The minimum atomic E-state index is 0.641. The van der Waals surface area contributed by atoms with Crippen LogP contribution >= 0.6 is 11.3 Å². The van der Waals surface area contributed by atoms with Gasteiger partial charge in [0.25, 0.3) is 0 Å². The monoisotopic (exact) mass is 719 g/mol. The Balaban J connectivity index is 1.00. The highest BCUT2D eigenvalue weighted by molar-refractivity contribution is 7.25. The molecule has 0 aliphatic carbocycles. The Morgan fingerprint density at radius 2 is 0.600 bits per heavy atom. The van der Waals surface area contributed by atoms with E-state index in [0.29, 0.717) is 17.5 Å². The maximum absolute atomic E-state index is 5.09. The molecular formula is C51H33N3S. The normalized spacial score (nSPS) is 11.3. The van der Waals surface area contributed by atoms with Crippen LogP contribution in [0.4, 0.5) is 0 Å². The standard InChI is InChI=1S/C51H33N3S/c1-3-10-34(11-4-1)36-18-20-38(21-19-36)42-14-9-15-43(32-42)39-24-28-41(29-25-39)50-52-49(40-26-22-37(23-27-40)35-12-5-2-6-13-35)53-51(54-50)44-30-31-46-45-16-7-8-17-47(45)55-48(46)33-44/h1-33H. The van der Waals surface area contributed by atoms with Gasteiger partial charge in [0.1, 0.15) is 0 Å². The molecule has 0 aliphatic rings. The molecule has 3 nitrogen and oxygen atoms in total. The average molecular weight is 720 g/mol. The predicted molar refractivity (Wildman–Crippen MR) is 231 cm³/mol. The number of aromatic nitrogens is 3. The molecule has 0 atom stereocenters. The van der Waals surface area contributed by atoms with Crippen molar-refractivity contribution < 1.29 is 0 Å². The summed E-state index contributed by atoms with van der Waals surface area (Å²) in [6, 6.07) is 70.6. The second kappa shape index (κ2) is 14.1. The average Bonchev–Trinajstić information content (AvgIpc) is 3.65. The minimum Gasteiger partial charge on any atom is -0.208 e. The lowest BCUT2D eigenvalue weighted by Crippen LogP contribution is -2.00. The summed E-state index contributed by atoms with van der Waals surface area (Å²) in [5.74, 6) is 1.94. The Morgan fingerprint density at radius 1 is 0.236 bits per heavy atom. The zero-order valence-electron chi connectivity index (χ0n) is 29.8. The van der Waals surface area contributed by atoms with Gasteiger partial charge in [-0.3, -0.25) is 0 Å². The number of benzene rings is 8. The van der Waals surface area contributed by atoms with Crippen LogP contribution in [-0.4, -0.2) is 15.0 Å². The lowest BCUT2D eigenvalue weighted by atomic mass is 9.97. The quantitative estimate of drug-likeness (QED) is 0.165. The van der Waals surface area contributed by atoms with Crippen molar-refractivity contribution in [3.8, 4) is 78.7 Å². The first-order valence-electron chi connectivity index (χ1n) is 18.4. The van der Waals surface area contributed by atoms with Gasteiger partial charge in [0, 0.05) is 36.9 Å². The minimum absolute atomic E-state index is 0.641. The second-order valence-electron chi connectivity index (χ2n) is 13.7. The van der Waals surface area contributed by atoms with Crippen molar-refractivity contribution in [2.24, 2.45) is 0 Å². The molecule has 8 aromatic carbocycles. The van der Waals surface area contributed by atoms with E-state index >= 15 is 0 Å². The van der Waals surface area contributed by atoms with E-state index in [-0.39, 0.29) is 0 Å². The molecule has 0 radical (unpaired) electrons. The fourth-order valence-electron chi connectivity index (χ4n) is 7.25. The summed E-state index contributed by atoms with van der Waals surface area (Å²) in [4.78, 5) is 15.2. The molecule has 10 aromatic rings. The molecule has 0 saturated heterocycles. The predicted octanol–water partition coefficient (Wildman–Crippen LogP) is 13.9. The van der Waals surface area contributed by atoms with Crippen molar-refractivity contribution in [3.05, 3.63) is 200 Å². The Labute approximate surface area is 323 Å². The summed E-state index contributed by atoms with van der Waals surface area (Å²) in [6.07, 6.45) is 0. The van der Waals surface area contributed by atoms with E-state index < -0.39 is 0 Å². The first kappa shape index (κ1) is 32.6. The van der Waals surface area contributed by atoms with Crippen molar-refractivity contribution in [1.82, 2.24) is 15.0 Å². The third-order valence-corrected chi connectivity index (χ3v) is 11.3. The number of thiophene rings is 1. The summed E-state index contributed by atoms with van der Waals surface area (Å²) >= 11 is 1.80. The van der Waals surface area contributed by atoms with Crippen molar-refractivity contribution in [1.29, 1.82) is 0 Å². The highest BCUT2D eigenvalue weighted by Crippen LogP contribution is 2.37. The number of rotatable bonds is 7.